The molecule has 14 heavy (non-hydrogen) atoms. The lowest BCUT2D eigenvalue weighted by molar-refractivity contribution is -0.139. The number of nitrogens with one attached hydrogen (secondary N) is 1. The predicted octanol–water partition coefficient (Wildman–Crippen LogP) is 1.72. The standard InChI is InChI=1S/C11H21NO2/c1-3-9-5-4-6-10(7-9)12-8-11(13)14-2/h9-10,12H,3-8H2,1-2H3. The van der Waals surface area contributed by atoms with Gasteiger partial charge in [0.25, 0.3) is 0 Å². The predicted molar refractivity (Wildman–Crippen MR) is 56.1 cm³/mol. The fourth-order valence-corrected chi connectivity index (χ4v) is 2.15. The molecule has 2 atom stereocenters. The minimum Gasteiger partial charge on any atom is -0.468 e. The van der Waals surface area contributed by atoms with Crippen molar-refractivity contribution in [2.24, 2.45) is 5.92 Å². The van der Waals surface area contributed by atoms with E-state index in [1.807, 2.05) is 0 Å². The van der Waals surface area contributed by atoms with Crippen LogP contribution >= 0.6 is 0 Å². The van der Waals surface area contributed by atoms with Crippen molar-refractivity contribution in [3.05, 3.63) is 0 Å². The molecule has 0 aromatic rings. The molecule has 82 valence electrons. The first-order valence-electron chi connectivity index (χ1n) is 5.56. The molecule has 3 nitrogen and oxygen atoms in total. The van der Waals surface area contributed by atoms with Crippen LogP contribution in [0, 0.1) is 5.92 Å². The number of esters is 1. The van der Waals surface area contributed by atoms with Crippen molar-refractivity contribution < 1.29 is 9.53 Å². The maximum absolute atomic E-state index is 10.9. The zero-order chi connectivity index (χ0) is 10.4. The minimum absolute atomic E-state index is 0.163. The molecule has 0 bridgehead atoms. The Bertz CT molecular complexity index is 182. The summed E-state index contributed by atoms with van der Waals surface area (Å²) in [5.74, 6) is 0.683. The molecule has 1 N–H and O–H groups in total. The fraction of sp³-hybridized carbons (Fsp3) is 0.909. The van der Waals surface area contributed by atoms with E-state index in [1.165, 1.54) is 39.2 Å². The molecule has 0 aromatic carbocycles. The van der Waals surface area contributed by atoms with Gasteiger partial charge in [-0.2, -0.15) is 0 Å². The van der Waals surface area contributed by atoms with Gasteiger partial charge in [0, 0.05) is 6.04 Å². The Morgan fingerprint density at radius 1 is 1.50 bits per heavy atom. The summed E-state index contributed by atoms with van der Waals surface area (Å²) in [5.41, 5.74) is 0. The summed E-state index contributed by atoms with van der Waals surface area (Å²) in [6.45, 7) is 2.60. The molecule has 1 rings (SSSR count). The molecule has 0 aliphatic heterocycles. The first-order chi connectivity index (χ1) is 6.76. The van der Waals surface area contributed by atoms with E-state index in [0.717, 1.165) is 5.92 Å². The van der Waals surface area contributed by atoms with Crippen LogP contribution in [0.3, 0.4) is 0 Å². The highest BCUT2D eigenvalue weighted by molar-refractivity contribution is 5.71. The first-order valence-corrected chi connectivity index (χ1v) is 5.56. The van der Waals surface area contributed by atoms with Crippen molar-refractivity contribution in [2.45, 2.75) is 45.1 Å². The molecule has 2 unspecified atom stereocenters. The van der Waals surface area contributed by atoms with Crippen molar-refractivity contribution in [2.75, 3.05) is 13.7 Å². The van der Waals surface area contributed by atoms with E-state index in [4.69, 9.17) is 0 Å². The van der Waals surface area contributed by atoms with E-state index in [1.54, 1.807) is 0 Å². The number of hydrogen-bond acceptors (Lipinski definition) is 3. The van der Waals surface area contributed by atoms with Gasteiger partial charge in [-0.1, -0.05) is 26.2 Å². The van der Waals surface area contributed by atoms with Crippen LogP contribution in [0.1, 0.15) is 39.0 Å². The van der Waals surface area contributed by atoms with Crippen LogP contribution in [0.5, 0.6) is 0 Å². The minimum atomic E-state index is -0.163. The highest BCUT2D eigenvalue weighted by Crippen LogP contribution is 2.26. The molecule has 0 saturated heterocycles. The van der Waals surface area contributed by atoms with Gasteiger partial charge in [-0.25, -0.2) is 0 Å². The first kappa shape index (κ1) is 11.5. The summed E-state index contributed by atoms with van der Waals surface area (Å²) >= 11 is 0. The van der Waals surface area contributed by atoms with Gasteiger partial charge >= 0.3 is 5.97 Å². The SMILES string of the molecule is CCC1CCCC(NCC(=O)OC)C1. The monoisotopic (exact) mass is 199 g/mol. The number of methoxy groups -OCH3 is 1. The summed E-state index contributed by atoms with van der Waals surface area (Å²) < 4.78 is 4.59. The Balaban J connectivity index is 2.20. The quantitative estimate of drug-likeness (QED) is 0.701. The van der Waals surface area contributed by atoms with Crippen molar-refractivity contribution in [1.82, 2.24) is 5.32 Å². The Labute approximate surface area is 86.2 Å². The van der Waals surface area contributed by atoms with E-state index in [-0.39, 0.29) is 5.97 Å². The molecule has 0 amide bonds. The Morgan fingerprint density at radius 3 is 2.93 bits per heavy atom. The van der Waals surface area contributed by atoms with Crippen molar-refractivity contribution in [3.63, 3.8) is 0 Å². The van der Waals surface area contributed by atoms with Crippen LogP contribution in [0.2, 0.25) is 0 Å². The fourth-order valence-electron chi connectivity index (χ4n) is 2.15. The highest BCUT2D eigenvalue weighted by Gasteiger charge is 2.20. The van der Waals surface area contributed by atoms with Crippen LogP contribution in [-0.2, 0) is 9.53 Å². The van der Waals surface area contributed by atoms with Gasteiger partial charge in [-0.05, 0) is 18.8 Å². The van der Waals surface area contributed by atoms with Crippen molar-refractivity contribution >= 4 is 5.97 Å². The number of hydrogen-bond donors (Lipinski definition) is 1. The molecule has 0 spiro atoms. The average molecular weight is 199 g/mol. The molecule has 0 heterocycles. The molecule has 1 aliphatic rings. The second-order valence-electron chi connectivity index (χ2n) is 4.09. The maximum Gasteiger partial charge on any atom is 0.319 e. The molecule has 0 aromatic heterocycles. The summed E-state index contributed by atoms with van der Waals surface area (Å²) in [4.78, 5) is 10.9. The summed E-state index contributed by atoms with van der Waals surface area (Å²) in [5, 5.41) is 3.26. The van der Waals surface area contributed by atoms with Crippen LogP contribution in [0.25, 0.3) is 0 Å². The topological polar surface area (TPSA) is 38.3 Å². The third kappa shape index (κ3) is 3.66. The number of ether oxygens (including phenoxy) is 1. The number of carbonyl (C=O) groups excluding carboxylic acids is 1. The van der Waals surface area contributed by atoms with Crippen LogP contribution in [0.15, 0.2) is 0 Å². The third-order valence-electron chi connectivity index (χ3n) is 3.12. The molecular formula is C11H21NO2. The van der Waals surface area contributed by atoms with Crippen molar-refractivity contribution in [3.8, 4) is 0 Å². The average Bonchev–Trinajstić information content (AvgIpc) is 2.26. The highest BCUT2D eigenvalue weighted by atomic mass is 16.5. The molecule has 1 aliphatic carbocycles. The number of carbonyl (C=O) groups is 1. The Hall–Kier alpha value is -0.570. The van der Waals surface area contributed by atoms with E-state index in [0.29, 0.717) is 12.6 Å². The summed E-state index contributed by atoms with van der Waals surface area (Å²) in [6.07, 6.45) is 6.32. The van der Waals surface area contributed by atoms with E-state index in [9.17, 15) is 4.79 Å². The largest absolute Gasteiger partial charge is 0.468 e. The van der Waals surface area contributed by atoms with Gasteiger partial charge in [0.1, 0.15) is 0 Å². The normalized spacial score (nSPS) is 27.3. The summed E-state index contributed by atoms with van der Waals surface area (Å²) in [6, 6.07) is 0.521. The molecule has 0 radical (unpaired) electrons. The smallest absolute Gasteiger partial charge is 0.319 e. The Kier molecular flexibility index (Phi) is 4.94. The van der Waals surface area contributed by atoms with Gasteiger partial charge < -0.3 is 10.1 Å². The van der Waals surface area contributed by atoms with E-state index < -0.39 is 0 Å². The zero-order valence-electron chi connectivity index (χ0n) is 9.21. The number of rotatable bonds is 4. The van der Waals surface area contributed by atoms with Crippen LogP contribution < -0.4 is 5.32 Å². The second-order valence-corrected chi connectivity index (χ2v) is 4.09. The molecule has 1 saturated carbocycles. The third-order valence-corrected chi connectivity index (χ3v) is 3.12. The Morgan fingerprint density at radius 2 is 2.29 bits per heavy atom. The van der Waals surface area contributed by atoms with E-state index >= 15 is 0 Å². The second kappa shape index (κ2) is 6.02. The lowest BCUT2D eigenvalue weighted by Crippen LogP contribution is -2.37. The van der Waals surface area contributed by atoms with Gasteiger partial charge in [0.05, 0.1) is 13.7 Å². The lowest BCUT2D eigenvalue weighted by Gasteiger charge is -2.28. The maximum atomic E-state index is 10.9. The molecular weight excluding hydrogens is 178 g/mol. The van der Waals surface area contributed by atoms with Crippen molar-refractivity contribution in [1.29, 1.82) is 0 Å². The van der Waals surface area contributed by atoms with Gasteiger partial charge in [0.15, 0.2) is 0 Å². The van der Waals surface area contributed by atoms with Gasteiger partial charge in [0.2, 0.25) is 0 Å². The summed E-state index contributed by atoms with van der Waals surface area (Å²) in [7, 11) is 1.43. The van der Waals surface area contributed by atoms with Crippen LogP contribution in [0.4, 0.5) is 0 Å². The van der Waals surface area contributed by atoms with Gasteiger partial charge in [-0.15, -0.1) is 0 Å². The lowest BCUT2D eigenvalue weighted by atomic mass is 9.84. The zero-order valence-corrected chi connectivity index (χ0v) is 9.21. The molecule has 1 fully saturated rings. The molecule has 3 heteroatoms. The van der Waals surface area contributed by atoms with E-state index in [2.05, 4.69) is 17.0 Å². The van der Waals surface area contributed by atoms with Gasteiger partial charge in [-0.3, -0.25) is 4.79 Å². The van der Waals surface area contributed by atoms with Crippen LogP contribution in [-0.4, -0.2) is 25.7 Å².